The highest BCUT2D eigenvalue weighted by molar-refractivity contribution is 5.92. The topological polar surface area (TPSA) is 73.6 Å². The van der Waals surface area contributed by atoms with Crippen LogP contribution in [0.5, 0.6) is 11.5 Å². The molecule has 2 rings (SSSR count). The van der Waals surface area contributed by atoms with Crippen LogP contribution in [-0.4, -0.2) is 26.7 Å². The second-order valence-corrected chi connectivity index (χ2v) is 5.80. The molecule has 0 aromatic heterocycles. The van der Waals surface area contributed by atoms with Crippen molar-refractivity contribution in [3.05, 3.63) is 17.7 Å². The molecule has 0 unspecified atom stereocenters. The van der Waals surface area contributed by atoms with Gasteiger partial charge in [0.15, 0.2) is 11.5 Å². The number of nitrogens with two attached hydrogens (primary N) is 1. The zero-order valence-electron chi connectivity index (χ0n) is 13.0. The van der Waals surface area contributed by atoms with Crippen molar-refractivity contribution in [3.8, 4) is 11.5 Å². The van der Waals surface area contributed by atoms with E-state index in [0.29, 0.717) is 24.5 Å². The summed E-state index contributed by atoms with van der Waals surface area (Å²) in [4.78, 5) is 12.2. The van der Waals surface area contributed by atoms with Crippen LogP contribution in [0.15, 0.2) is 12.1 Å². The lowest BCUT2D eigenvalue weighted by atomic mass is 9.66. The molecule has 116 valence electrons. The average Bonchev–Trinajstić information content (AvgIpc) is 2.44. The summed E-state index contributed by atoms with van der Waals surface area (Å²) in [6, 6.07) is 3.65. The number of ether oxygens (including phenoxy) is 2. The SMILES string of the molecule is COc1cc(C)c(NC(=O)CC2(CN)CCC2)cc1OC. The average molecular weight is 292 g/mol. The van der Waals surface area contributed by atoms with Gasteiger partial charge in [-0.3, -0.25) is 4.79 Å². The smallest absolute Gasteiger partial charge is 0.224 e. The lowest BCUT2D eigenvalue weighted by Crippen LogP contribution is -2.40. The Balaban J connectivity index is 2.10. The summed E-state index contributed by atoms with van der Waals surface area (Å²) in [5.41, 5.74) is 7.51. The zero-order valence-corrected chi connectivity index (χ0v) is 13.0. The van der Waals surface area contributed by atoms with Crippen LogP contribution in [0.4, 0.5) is 5.69 Å². The van der Waals surface area contributed by atoms with Gasteiger partial charge in [0, 0.05) is 18.2 Å². The molecule has 0 radical (unpaired) electrons. The number of methoxy groups -OCH3 is 2. The van der Waals surface area contributed by atoms with E-state index in [0.717, 1.165) is 24.1 Å². The molecule has 0 bridgehead atoms. The van der Waals surface area contributed by atoms with Gasteiger partial charge in [0.05, 0.1) is 14.2 Å². The fraction of sp³-hybridized carbons (Fsp3) is 0.562. The Morgan fingerprint density at radius 1 is 1.29 bits per heavy atom. The first-order valence-corrected chi connectivity index (χ1v) is 7.26. The third-order valence-corrected chi connectivity index (χ3v) is 4.39. The van der Waals surface area contributed by atoms with Gasteiger partial charge in [-0.2, -0.15) is 0 Å². The molecular formula is C16H24N2O3. The second kappa shape index (κ2) is 6.35. The van der Waals surface area contributed by atoms with E-state index in [2.05, 4.69) is 5.32 Å². The summed E-state index contributed by atoms with van der Waals surface area (Å²) in [5.74, 6) is 1.27. The third-order valence-electron chi connectivity index (χ3n) is 4.39. The van der Waals surface area contributed by atoms with Crippen molar-refractivity contribution in [2.75, 3.05) is 26.1 Å². The van der Waals surface area contributed by atoms with Gasteiger partial charge in [-0.1, -0.05) is 6.42 Å². The fourth-order valence-corrected chi connectivity index (χ4v) is 2.78. The molecule has 0 saturated heterocycles. The second-order valence-electron chi connectivity index (χ2n) is 5.80. The first-order chi connectivity index (χ1) is 10.0. The van der Waals surface area contributed by atoms with E-state index >= 15 is 0 Å². The summed E-state index contributed by atoms with van der Waals surface area (Å²) in [6.07, 6.45) is 3.74. The predicted molar refractivity (Wildman–Crippen MR) is 82.9 cm³/mol. The molecule has 21 heavy (non-hydrogen) atoms. The lowest BCUT2D eigenvalue weighted by molar-refractivity contribution is -0.119. The van der Waals surface area contributed by atoms with Gasteiger partial charge < -0.3 is 20.5 Å². The Morgan fingerprint density at radius 2 is 1.90 bits per heavy atom. The monoisotopic (exact) mass is 292 g/mol. The van der Waals surface area contributed by atoms with Crippen LogP contribution in [0.25, 0.3) is 0 Å². The van der Waals surface area contributed by atoms with Gasteiger partial charge in [0.1, 0.15) is 0 Å². The molecular weight excluding hydrogens is 268 g/mol. The number of anilines is 1. The van der Waals surface area contributed by atoms with Crippen molar-refractivity contribution >= 4 is 11.6 Å². The van der Waals surface area contributed by atoms with Crippen LogP contribution in [0.2, 0.25) is 0 Å². The third kappa shape index (κ3) is 3.29. The highest BCUT2D eigenvalue weighted by Crippen LogP contribution is 2.43. The Labute approximate surface area is 125 Å². The number of hydrogen-bond acceptors (Lipinski definition) is 4. The highest BCUT2D eigenvalue weighted by Gasteiger charge is 2.37. The molecule has 3 N–H and O–H groups in total. The maximum atomic E-state index is 12.2. The predicted octanol–water partition coefficient (Wildman–Crippen LogP) is 2.47. The first-order valence-electron chi connectivity index (χ1n) is 7.26. The molecule has 5 nitrogen and oxygen atoms in total. The number of rotatable bonds is 6. The molecule has 0 heterocycles. The standard InChI is InChI=1S/C16H24N2O3/c1-11-7-13(20-2)14(21-3)8-12(11)18-15(19)9-16(10-17)5-4-6-16/h7-8H,4-6,9-10,17H2,1-3H3,(H,18,19). The summed E-state index contributed by atoms with van der Waals surface area (Å²) >= 11 is 0. The van der Waals surface area contributed by atoms with Gasteiger partial charge in [-0.15, -0.1) is 0 Å². The molecule has 0 spiro atoms. The molecule has 1 fully saturated rings. The van der Waals surface area contributed by atoms with Gasteiger partial charge in [-0.25, -0.2) is 0 Å². The molecule has 1 aliphatic carbocycles. The summed E-state index contributed by atoms with van der Waals surface area (Å²) in [7, 11) is 3.17. The number of amides is 1. The molecule has 0 atom stereocenters. The molecule has 1 saturated carbocycles. The van der Waals surface area contributed by atoms with E-state index in [4.69, 9.17) is 15.2 Å². The van der Waals surface area contributed by atoms with Crippen molar-refractivity contribution < 1.29 is 14.3 Å². The normalized spacial score (nSPS) is 16.0. The van der Waals surface area contributed by atoms with Crippen LogP contribution in [0.3, 0.4) is 0 Å². The Bertz CT molecular complexity index is 519. The van der Waals surface area contributed by atoms with E-state index in [1.807, 2.05) is 13.0 Å². The molecule has 1 amide bonds. The van der Waals surface area contributed by atoms with Gasteiger partial charge >= 0.3 is 0 Å². The summed E-state index contributed by atoms with van der Waals surface area (Å²) in [6.45, 7) is 2.50. The summed E-state index contributed by atoms with van der Waals surface area (Å²) < 4.78 is 10.5. The Hall–Kier alpha value is -1.75. The van der Waals surface area contributed by atoms with E-state index in [1.54, 1.807) is 20.3 Å². The van der Waals surface area contributed by atoms with Crippen molar-refractivity contribution in [1.29, 1.82) is 0 Å². The van der Waals surface area contributed by atoms with Gasteiger partial charge in [-0.05, 0) is 43.4 Å². The first kappa shape index (κ1) is 15.6. The van der Waals surface area contributed by atoms with E-state index in [-0.39, 0.29) is 11.3 Å². The molecule has 1 aromatic carbocycles. The number of carbonyl (C=O) groups is 1. The van der Waals surface area contributed by atoms with Crippen LogP contribution >= 0.6 is 0 Å². The minimum atomic E-state index is 0.00848. The van der Waals surface area contributed by atoms with Crippen molar-refractivity contribution in [3.63, 3.8) is 0 Å². The quantitative estimate of drug-likeness (QED) is 0.844. The van der Waals surface area contributed by atoms with Crippen molar-refractivity contribution in [2.45, 2.75) is 32.6 Å². The Kier molecular flexibility index (Phi) is 4.73. The van der Waals surface area contributed by atoms with Crippen molar-refractivity contribution in [2.24, 2.45) is 11.1 Å². The number of aryl methyl sites for hydroxylation is 1. The largest absolute Gasteiger partial charge is 0.493 e. The van der Waals surface area contributed by atoms with Crippen LogP contribution < -0.4 is 20.5 Å². The molecule has 0 aliphatic heterocycles. The minimum Gasteiger partial charge on any atom is -0.493 e. The number of nitrogens with one attached hydrogen (secondary N) is 1. The number of carbonyl (C=O) groups excluding carboxylic acids is 1. The fourth-order valence-electron chi connectivity index (χ4n) is 2.78. The molecule has 5 heteroatoms. The van der Waals surface area contributed by atoms with Crippen LogP contribution in [0.1, 0.15) is 31.2 Å². The maximum absolute atomic E-state index is 12.2. The van der Waals surface area contributed by atoms with Gasteiger partial charge in [0.25, 0.3) is 0 Å². The van der Waals surface area contributed by atoms with Crippen LogP contribution in [-0.2, 0) is 4.79 Å². The zero-order chi connectivity index (χ0) is 15.5. The Morgan fingerprint density at radius 3 is 2.38 bits per heavy atom. The van der Waals surface area contributed by atoms with Crippen molar-refractivity contribution in [1.82, 2.24) is 0 Å². The summed E-state index contributed by atoms with van der Waals surface area (Å²) in [5, 5.41) is 2.96. The lowest BCUT2D eigenvalue weighted by Gasteiger charge is -2.40. The number of hydrogen-bond donors (Lipinski definition) is 2. The van der Waals surface area contributed by atoms with E-state index in [9.17, 15) is 4.79 Å². The van der Waals surface area contributed by atoms with E-state index < -0.39 is 0 Å². The minimum absolute atomic E-state index is 0.00848. The number of benzene rings is 1. The molecule has 1 aromatic rings. The molecule has 1 aliphatic rings. The van der Waals surface area contributed by atoms with E-state index in [1.165, 1.54) is 6.42 Å². The maximum Gasteiger partial charge on any atom is 0.224 e. The van der Waals surface area contributed by atoms with Gasteiger partial charge in [0.2, 0.25) is 5.91 Å². The van der Waals surface area contributed by atoms with Crippen LogP contribution in [0, 0.1) is 12.3 Å². The highest BCUT2D eigenvalue weighted by atomic mass is 16.5.